The molecular formula is C56H98N10O14Si2. The quantitative estimate of drug-likeness (QED) is 0.0180. The number of nitrogens with one attached hydrogen (secondary N) is 5. The topological polar surface area (TPSA) is 341 Å². The molecule has 0 spiro atoms. The summed E-state index contributed by atoms with van der Waals surface area (Å²) < 4.78 is 35.0. The summed E-state index contributed by atoms with van der Waals surface area (Å²) in [5.74, 6) is -3.40. The zero-order chi connectivity index (χ0) is 62.5. The first-order chi connectivity index (χ1) is 37.7. The molecular weight excluding hydrogens is 1090 g/mol. The Bertz CT molecular complexity index is 2600. The Hall–Kier alpha value is -5.65. The van der Waals surface area contributed by atoms with Crippen LogP contribution in [0.25, 0.3) is 0 Å². The van der Waals surface area contributed by atoms with Gasteiger partial charge < -0.3 is 71.3 Å². The highest BCUT2D eigenvalue weighted by molar-refractivity contribution is 6.74. The van der Waals surface area contributed by atoms with E-state index >= 15 is 0 Å². The van der Waals surface area contributed by atoms with Gasteiger partial charge in [-0.2, -0.15) is 0 Å². The standard InChI is InChI=1S/C56H98N10O14Si2/c1-33(2)31-38(62-47(70)37(21-19-27-61-51(57)58)63-52(74)64-40(34(3)4)49(71)72)46(69)60-29-20-28-59-41(50(73)78-54(5,6)7)42(68)43-44(79-81(15,16)55(8,9)10)45(80-82(17,18)56(11,12)13)48(77-43)65-30-26-39(67)66(53(65)75)32-35-22-24-36(76-14)25-23-35/h22-26,30,33-34,37-38,40-45,48,59,68H,19-21,27-29,31-32H2,1-18H3,(H,60,69)(H,62,70)(H,71,72)(H4,57,58,61)(H2,63,64,74)/t37-,38-,40-,41-,42?,43+,44+,45+,48+/m0/s1. The Labute approximate surface area is 486 Å². The molecule has 11 N–H and O–H groups in total. The fraction of sp³-hybridized carbons (Fsp3) is 0.714. The van der Waals surface area contributed by atoms with Crippen LogP contribution >= 0.6 is 0 Å². The number of urea groups is 1. The van der Waals surface area contributed by atoms with Gasteiger partial charge >= 0.3 is 23.7 Å². The summed E-state index contributed by atoms with van der Waals surface area (Å²) >= 11 is 0. The smallest absolute Gasteiger partial charge is 0.333 e. The molecule has 0 radical (unpaired) electrons. The number of rotatable bonds is 29. The number of guanidine groups is 1. The molecule has 2 heterocycles. The van der Waals surface area contributed by atoms with Gasteiger partial charge in [-0.3, -0.25) is 33.3 Å². The third-order valence-corrected chi connectivity index (χ3v) is 24.0. The molecule has 26 heteroatoms. The number of aliphatic hydroxyl groups excluding tert-OH is 1. The summed E-state index contributed by atoms with van der Waals surface area (Å²) in [6.45, 7) is 32.8. The number of amides is 4. The van der Waals surface area contributed by atoms with E-state index < -0.39 is 124 Å². The van der Waals surface area contributed by atoms with Crippen molar-refractivity contribution in [2.24, 2.45) is 28.3 Å². The average molecular weight is 1190 g/mol. The number of carbonyl (C=O) groups excluding carboxylic acids is 4. The normalized spacial score (nSPS) is 18.9. The van der Waals surface area contributed by atoms with E-state index in [-0.39, 0.29) is 73.8 Å². The van der Waals surface area contributed by atoms with E-state index in [0.29, 0.717) is 11.3 Å². The number of ether oxygens (including phenoxy) is 3. The Kier molecular flexibility index (Phi) is 25.6. The monoisotopic (exact) mass is 1190 g/mol. The molecule has 0 saturated carbocycles. The number of aliphatic carboxylic acids is 1. The van der Waals surface area contributed by atoms with Crippen molar-refractivity contribution in [1.29, 1.82) is 0 Å². The number of hydrogen-bond acceptors (Lipinski definition) is 15. The number of hydrogen-bond donors (Lipinski definition) is 9. The number of carboxylic acids is 1. The van der Waals surface area contributed by atoms with E-state index in [1.807, 2.05) is 26.9 Å². The minimum atomic E-state index is -2.83. The number of esters is 1. The van der Waals surface area contributed by atoms with Gasteiger partial charge in [0.2, 0.25) is 11.8 Å². The second-order valence-corrected chi connectivity index (χ2v) is 35.4. The number of carbonyl (C=O) groups is 5. The maximum atomic E-state index is 14.7. The van der Waals surface area contributed by atoms with Crippen LogP contribution in [-0.4, -0.2) is 153 Å². The van der Waals surface area contributed by atoms with Crippen LogP contribution in [0.4, 0.5) is 4.79 Å². The third-order valence-electron chi connectivity index (χ3n) is 15.1. The van der Waals surface area contributed by atoms with Gasteiger partial charge in [0, 0.05) is 25.4 Å². The lowest BCUT2D eigenvalue weighted by Crippen LogP contribution is -2.59. The van der Waals surface area contributed by atoms with Gasteiger partial charge in [0.1, 0.15) is 59.9 Å². The van der Waals surface area contributed by atoms with Crippen molar-refractivity contribution in [3.05, 3.63) is 62.9 Å². The highest BCUT2D eigenvalue weighted by Crippen LogP contribution is 2.46. The van der Waals surface area contributed by atoms with Crippen LogP contribution in [0.15, 0.2) is 51.1 Å². The first-order valence-electron chi connectivity index (χ1n) is 28.3. The van der Waals surface area contributed by atoms with Gasteiger partial charge in [-0.05, 0) is 119 Å². The van der Waals surface area contributed by atoms with Gasteiger partial charge in [0.15, 0.2) is 28.8 Å². The highest BCUT2D eigenvalue weighted by atomic mass is 28.4. The molecule has 24 nitrogen and oxygen atoms in total. The largest absolute Gasteiger partial charge is 0.497 e. The molecule has 3 rings (SSSR count). The predicted octanol–water partition coefficient (Wildman–Crippen LogP) is 4.27. The highest BCUT2D eigenvalue weighted by Gasteiger charge is 2.58. The zero-order valence-corrected chi connectivity index (χ0v) is 53.8. The lowest BCUT2D eigenvalue weighted by molar-refractivity contribution is -0.166. The molecule has 1 unspecified atom stereocenters. The fourth-order valence-corrected chi connectivity index (χ4v) is 11.0. The molecule has 1 saturated heterocycles. The molecule has 1 fully saturated rings. The van der Waals surface area contributed by atoms with Gasteiger partial charge in [-0.1, -0.05) is 81.4 Å². The van der Waals surface area contributed by atoms with Gasteiger partial charge in [0.25, 0.3) is 5.56 Å². The fourth-order valence-electron chi connectivity index (χ4n) is 8.42. The first kappa shape index (κ1) is 70.6. The van der Waals surface area contributed by atoms with E-state index in [2.05, 4.69) is 86.2 Å². The van der Waals surface area contributed by atoms with Crippen molar-refractivity contribution >= 4 is 52.4 Å². The first-order valence-corrected chi connectivity index (χ1v) is 34.1. The molecule has 4 amide bonds. The molecule has 82 heavy (non-hydrogen) atoms. The molecule has 1 aromatic carbocycles. The second kappa shape index (κ2) is 29.7. The SMILES string of the molecule is COc1ccc(Cn2c(=O)ccn([C@@H]3O[C@H](C(O)[C@H](NCCCNC(=O)[C@H](CC(C)C)NC(=O)[C@H](CCCN=C(N)N)NC(=O)N[C@H](C(=O)O)C(C)C)C(=O)OC(C)(C)C)[C@@H](O[Si](C)(C)C(C)(C)C)[C@H]3O[Si](C)(C)C(C)(C)C)c2=O)cc1. The minimum absolute atomic E-state index is 0.0383. The number of carboxylic acid groups (broad SMARTS) is 1. The van der Waals surface area contributed by atoms with Crippen molar-refractivity contribution in [2.75, 3.05) is 26.7 Å². The number of nitrogens with two attached hydrogens (primary N) is 2. The van der Waals surface area contributed by atoms with Crippen LogP contribution in [-0.2, 0) is 44.0 Å². The third kappa shape index (κ3) is 20.6. The van der Waals surface area contributed by atoms with Gasteiger partial charge in [0.05, 0.1) is 13.7 Å². The summed E-state index contributed by atoms with van der Waals surface area (Å²) in [7, 11) is -4.09. The van der Waals surface area contributed by atoms with Crippen molar-refractivity contribution in [1.82, 2.24) is 35.7 Å². The van der Waals surface area contributed by atoms with Crippen LogP contribution < -0.4 is 54.0 Å². The number of aliphatic hydroxyl groups is 1. The Morgan fingerprint density at radius 1 is 0.780 bits per heavy atom. The van der Waals surface area contributed by atoms with E-state index in [4.69, 9.17) is 34.5 Å². The number of nitrogens with zero attached hydrogens (tertiary/aromatic N) is 3. The molecule has 1 aliphatic heterocycles. The molecule has 0 bridgehead atoms. The van der Waals surface area contributed by atoms with Gasteiger partial charge in [-0.15, -0.1) is 0 Å². The summed E-state index contributed by atoms with van der Waals surface area (Å²) in [5, 5.41) is 35.5. The summed E-state index contributed by atoms with van der Waals surface area (Å²) in [6.07, 6.45) is -4.37. The van der Waals surface area contributed by atoms with Crippen LogP contribution in [0.1, 0.15) is 127 Å². The van der Waals surface area contributed by atoms with Crippen LogP contribution in [0.5, 0.6) is 5.75 Å². The minimum Gasteiger partial charge on any atom is -0.497 e. The van der Waals surface area contributed by atoms with Crippen LogP contribution in [0.2, 0.25) is 36.3 Å². The Balaban J connectivity index is 2.03. The molecule has 1 aromatic heterocycles. The van der Waals surface area contributed by atoms with Crippen molar-refractivity contribution in [3.63, 3.8) is 0 Å². The molecule has 2 aromatic rings. The van der Waals surface area contributed by atoms with E-state index in [0.717, 1.165) is 4.57 Å². The van der Waals surface area contributed by atoms with Crippen LogP contribution in [0, 0.1) is 11.8 Å². The maximum Gasteiger partial charge on any atom is 0.333 e. The number of aromatic nitrogens is 2. The average Bonchev–Trinajstić information content (AvgIpc) is 3.69. The number of methoxy groups -OCH3 is 1. The van der Waals surface area contributed by atoms with Crippen molar-refractivity contribution in [2.45, 2.75) is 219 Å². The van der Waals surface area contributed by atoms with E-state index in [9.17, 15) is 43.8 Å². The second-order valence-electron chi connectivity index (χ2n) is 25.9. The summed E-state index contributed by atoms with van der Waals surface area (Å²) in [6, 6.07) is 2.37. The van der Waals surface area contributed by atoms with Crippen LogP contribution in [0.3, 0.4) is 0 Å². The lowest BCUT2D eigenvalue weighted by atomic mass is 9.99. The Morgan fingerprint density at radius 2 is 1.37 bits per heavy atom. The zero-order valence-electron chi connectivity index (χ0n) is 51.8. The number of aliphatic imine (C=N–C) groups is 1. The number of benzene rings is 1. The summed E-state index contributed by atoms with van der Waals surface area (Å²) in [4.78, 5) is 99.3. The van der Waals surface area contributed by atoms with E-state index in [1.54, 1.807) is 58.9 Å². The summed E-state index contributed by atoms with van der Waals surface area (Å²) in [5.41, 5.74) is 9.36. The molecule has 0 aliphatic carbocycles. The maximum absolute atomic E-state index is 14.7. The van der Waals surface area contributed by atoms with E-state index in [1.165, 1.54) is 23.9 Å². The Morgan fingerprint density at radius 3 is 1.88 bits per heavy atom. The van der Waals surface area contributed by atoms with Gasteiger partial charge in [-0.25, -0.2) is 14.4 Å². The lowest BCUT2D eigenvalue weighted by Gasteiger charge is -2.44. The van der Waals surface area contributed by atoms with Crippen molar-refractivity contribution < 1.29 is 57.2 Å². The molecule has 9 atom stereocenters. The predicted molar refractivity (Wildman–Crippen MR) is 319 cm³/mol. The van der Waals surface area contributed by atoms with Crippen molar-refractivity contribution in [3.8, 4) is 5.75 Å². The molecule has 1 aliphatic rings. The molecule has 464 valence electrons.